The van der Waals surface area contributed by atoms with Gasteiger partial charge in [0.05, 0.1) is 24.6 Å². The van der Waals surface area contributed by atoms with Crippen molar-refractivity contribution in [2.75, 3.05) is 0 Å². The van der Waals surface area contributed by atoms with Crippen molar-refractivity contribution in [3.63, 3.8) is 0 Å². The molecule has 8 nitrogen and oxygen atoms in total. The van der Waals surface area contributed by atoms with Gasteiger partial charge >= 0.3 is 6.03 Å². The van der Waals surface area contributed by atoms with Gasteiger partial charge in [-0.1, -0.05) is 5.16 Å². The number of nitrogens with zero attached hydrogens (tertiary/aromatic N) is 4. The van der Waals surface area contributed by atoms with E-state index in [2.05, 4.69) is 20.4 Å². The van der Waals surface area contributed by atoms with Crippen LogP contribution in [0.2, 0.25) is 0 Å². The number of imide groups is 1. The maximum Gasteiger partial charge on any atom is 0.325 e. The van der Waals surface area contributed by atoms with Crippen molar-refractivity contribution in [3.8, 4) is 0 Å². The smallest absolute Gasteiger partial charge is 0.325 e. The largest absolute Gasteiger partial charge is 0.361 e. The average Bonchev–Trinajstić information content (AvgIpc) is 3.26. The molecule has 1 unspecified atom stereocenters. The lowest BCUT2D eigenvalue weighted by molar-refractivity contribution is -0.131. The fourth-order valence-corrected chi connectivity index (χ4v) is 2.81. The Balaban J connectivity index is 1.62. The Labute approximate surface area is 131 Å². The average molecular weight is 313 g/mol. The summed E-state index contributed by atoms with van der Waals surface area (Å²) in [5.41, 5.74) is -0.0182. The van der Waals surface area contributed by atoms with E-state index in [1.165, 1.54) is 23.5 Å². The second kappa shape index (κ2) is 4.87. The summed E-state index contributed by atoms with van der Waals surface area (Å²) in [5, 5.41) is 6.51. The van der Waals surface area contributed by atoms with Gasteiger partial charge in [0, 0.05) is 23.9 Å². The standard InChI is InChI=1S/C15H15N5O3/c1-15(11-7-16-4-5-17-11)13(21)20(14(22)19-15)8-10-6-18-23-12(10)9-2-3-9/h4-7,9H,2-3,8H2,1H3,(H,19,22). The number of amides is 3. The van der Waals surface area contributed by atoms with Gasteiger partial charge in [-0.05, 0) is 19.8 Å². The molecule has 2 fully saturated rings. The monoisotopic (exact) mass is 313 g/mol. The molecule has 1 N–H and O–H groups in total. The van der Waals surface area contributed by atoms with E-state index in [1.54, 1.807) is 13.1 Å². The van der Waals surface area contributed by atoms with E-state index in [0.29, 0.717) is 11.6 Å². The van der Waals surface area contributed by atoms with Crippen LogP contribution in [-0.2, 0) is 16.9 Å². The molecule has 1 atom stereocenters. The summed E-state index contributed by atoms with van der Waals surface area (Å²) in [6, 6.07) is -0.453. The molecule has 3 amide bonds. The summed E-state index contributed by atoms with van der Waals surface area (Å²) in [5.74, 6) is 0.782. The van der Waals surface area contributed by atoms with Gasteiger partial charge in [-0.3, -0.25) is 19.7 Å². The third kappa shape index (κ3) is 2.18. The van der Waals surface area contributed by atoms with Crippen molar-refractivity contribution in [2.45, 2.75) is 37.8 Å². The van der Waals surface area contributed by atoms with Crippen LogP contribution in [0.4, 0.5) is 4.79 Å². The van der Waals surface area contributed by atoms with Crippen molar-refractivity contribution in [2.24, 2.45) is 0 Å². The molecule has 23 heavy (non-hydrogen) atoms. The fourth-order valence-electron chi connectivity index (χ4n) is 2.81. The molecule has 2 aromatic rings. The first-order valence-electron chi connectivity index (χ1n) is 7.43. The number of rotatable bonds is 4. The van der Waals surface area contributed by atoms with Crippen molar-refractivity contribution in [1.82, 2.24) is 25.3 Å². The number of hydrogen-bond donors (Lipinski definition) is 1. The zero-order valence-corrected chi connectivity index (χ0v) is 12.5. The van der Waals surface area contributed by atoms with E-state index in [1.807, 2.05) is 0 Å². The summed E-state index contributed by atoms with van der Waals surface area (Å²) < 4.78 is 5.26. The topological polar surface area (TPSA) is 101 Å². The summed E-state index contributed by atoms with van der Waals surface area (Å²) in [7, 11) is 0. The summed E-state index contributed by atoms with van der Waals surface area (Å²) in [6.45, 7) is 1.78. The molecular formula is C15H15N5O3. The summed E-state index contributed by atoms with van der Waals surface area (Å²) in [4.78, 5) is 34.4. The van der Waals surface area contributed by atoms with Gasteiger partial charge in [-0.2, -0.15) is 0 Å². The van der Waals surface area contributed by atoms with E-state index in [9.17, 15) is 9.59 Å². The summed E-state index contributed by atoms with van der Waals surface area (Å²) in [6.07, 6.45) is 8.18. The maximum atomic E-state index is 12.8. The number of aromatic nitrogens is 3. The first-order chi connectivity index (χ1) is 11.1. The van der Waals surface area contributed by atoms with E-state index in [-0.39, 0.29) is 12.5 Å². The Morgan fingerprint density at radius 3 is 2.87 bits per heavy atom. The minimum absolute atomic E-state index is 0.149. The van der Waals surface area contributed by atoms with Gasteiger partial charge in [0.1, 0.15) is 5.76 Å². The molecule has 8 heteroatoms. The Morgan fingerprint density at radius 2 is 2.17 bits per heavy atom. The molecule has 1 saturated carbocycles. The molecule has 0 spiro atoms. The van der Waals surface area contributed by atoms with Crippen LogP contribution in [0.3, 0.4) is 0 Å². The zero-order valence-electron chi connectivity index (χ0n) is 12.5. The lowest BCUT2D eigenvalue weighted by Gasteiger charge is -2.20. The Kier molecular flexibility index (Phi) is 2.93. The normalized spacial score (nSPS) is 24.1. The highest BCUT2D eigenvalue weighted by Gasteiger charge is 2.50. The molecule has 0 aromatic carbocycles. The molecule has 3 heterocycles. The van der Waals surface area contributed by atoms with Gasteiger partial charge in [0.2, 0.25) is 0 Å². The Morgan fingerprint density at radius 1 is 1.35 bits per heavy atom. The van der Waals surface area contributed by atoms with Crippen molar-refractivity contribution < 1.29 is 14.1 Å². The maximum absolute atomic E-state index is 12.8. The van der Waals surface area contributed by atoms with Gasteiger partial charge in [0.25, 0.3) is 5.91 Å². The molecule has 0 radical (unpaired) electrons. The van der Waals surface area contributed by atoms with Crippen LogP contribution in [0.1, 0.15) is 42.7 Å². The minimum Gasteiger partial charge on any atom is -0.361 e. The predicted octanol–water partition coefficient (Wildman–Crippen LogP) is 1.31. The number of carbonyl (C=O) groups is 2. The van der Waals surface area contributed by atoms with Crippen LogP contribution in [0, 0.1) is 0 Å². The fraction of sp³-hybridized carbons (Fsp3) is 0.400. The lowest BCUT2D eigenvalue weighted by Crippen LogP contribution is -2.41. The van der Waals surface area contributed by atoms with Crippen molar-refractivity contribution in [3.05, 3.63) is 41.8 Å². The van der Waals surface area contributed by atoms with Crippen LogP contribution in [0.5, 0.6) is 0 Å². The SMILES string of the molecule is CC1(c2cnccn2)NC(=O)N(Cc2cnoc2C2CC2)C1=O. The van der Waals surface area contributed by atoms with Crippen LogP contribution in [-0.4, -0.2) is 32.0 Å². The highest BCUT2D eigenvalue weighted by molar-refractivity contribution is 6.06. The molecule has 1 saturated heterocycles. The zero-order chi connectivity index (χ0) is 16.0. The first-order valence-corrected chi connectivity index (χ1v) is 7.43. The molecule has 1 aliphatic heterocycles. The van der Waals surface area contributed by atoms with Gasteiger partial charge < -0.3 is 9.84 Å². The van der Waals surface area contributed by atoms with Crippen LogP contribution in [0.15, 0.2) is 29.3 Å². The van der Waals surface area contributed by atoms with Crippen LogP contribution in [0.25, 0.3) is 0 Å². The second-order valence-corrected chi connectivity index (χ2v) is 6.03. The molecule has 2 aromatic heterocycles. The third-order valence-corrected chi connectivity index (χ3v) is 4.30. The van der Waals surface area contributed by atoms with E-state index < -0.39 is 11.6 Å². The Bertz CT molecular complexity index is 770. The highest BCUT2D eigenvalue weighted by Crippen LogP contribution is 2.42. The molecule has 1 aliphatic carbocycles. The molecule has 2 aliphatic rings. The molecule has 4 rings (SSSR count). The number of hydrogen-bond acceptors (Lipinski definition) is 6. The van der Waals surface area contributed by atoms with Crippen molar-refractivity contribution >= 4 is 11.9 Å². The van der Waals surface area contributed by atoms with Gasteiger partial charge in [0.15, 0.2) is 5.54 Å². The minimum atomic E-state index is -1.21. The van der Waals surface area contributed by atoms with E-state index >= 15 is 0 Å². The van der Waals surface area contributed by atoms with Gasteiger partial charge in [-0.15, -0.1) is 0 Å². The number of nitrogens with one attached hydrogen (secondary N) is 1. The van der Waals surface area contributed by atoms with Crippen LogP contribution < -0.4 is 5.32 Å². The molecule has 118 valence electrons. The van der Waals surface area contributed by atoms with Crippen LogP contribution >= 0.6 is 0 Å². The van der Waals surface area contributed by atoms with E-state index in [4.69, 9.17) is 4.52 Å². The van der Waals surface area contributed by atoms with E-state index in [0.717, 1.165) is 24.2 Å². The summed E-state index contributed by atoms with van der Waals surface area (Å²) >= 11 is 0. The Hall–Kier alpha value is -2.77. The number of urea groups is 1. The lowest BCUT2D eigenvalue weighted by atomic mass is 9.98. The molecule has 0 bridgehead atoms. The van der Waals surface area contributed by atoms with Gasteiger partial charge in [-0.25, -0.2) is 4.79 Å². The predicted molar refractivity (Wildman–Crippen MR) is 76.9 cm³/mol. The first kappa shape index (κ1) is 13.9. The molecular weight excluding hydrogens is 298 g/mol. The third-order valence-electron chi connectivity index (χ3n) is 4.30. The highest BCUT2D eigenvalue weighted by atomic mass is 16.5. The quantitative estimate of drug-likeness (QED) is 0.854. The second-order valence-electron chi connectivity index (χ2n) is 6.03. The number of carbonyl (C=O) groups excluding carboxylic acids is 2. The van der Waals surface area contributed by atoms with Crippen molar-refractivity contribution in [1.29, 1.82) is 0 Å².